The number of ether oxygens (including phenoxy) is 1. The molecule has 16 heavy (non-hydrogen) atoms. The summed E-state index contributed by atoms with van der Waals surface area (Å²) in [5.74, 6) is 0.812. The first kappa shape index (κ1) is 11.9. The van der Waals surface area contributed by atoms with Gasteiger partial charge in [0, 0.05) is 13.0 Å². The molecule has 0 bridgehead atoms. The van der Waals surface area contributed by atoms with E-state index in [-0.39, 0.29) is 0 Å². The third-order valence-corrected chi connectivity index (χ3v) is 3.63. The first-order valence-electron chi connectivity index (χ1n) is 5.38. The molecule has 1 aromatic carbocycles. The second kappa shape index (κ2) is 4.73. The lowest BCUT2D eigenvalue weighted by molar-refractivity contribution is 0.0618. The van der Waals surface area contributed by atoms with Crippen LogP contribution in [0.5, 0.6) is 5.75 Å². The number of hydrogen-bond donors (Lipinski definition) is 2. The summed E-state index contributed by atoms with van der Waals surface area (Å²) >= 11 is 3.42. The average Bonchev–Trinajstić information content (AvgIpc) is 2.68. The summed E-state index contributed by atoms with van der Waals surface area (Å²) in [5, 5.41) is 13.4. The van der Waals surface area contributed by atoms with Crippen molar-refractivity contribution < 1.29 is 9.84 Å². The minimum atomic E-state index is -0.598. The summed E-state index contributed by atoms with van der Waals surface area (Å²) in [7, 11) is 1.65. The fourth-order valence-corrected chi connectivity index (χ4v) is 2.48. The Labute approximate surface area is 104 Å². The summed E-state index contributed by atoms with van der Waals surface area (Å²) < 4.78 is 6.18. The van der Waals surface area contributed by atoms with Crippen molar-refractivity contribution in [3.05, 3.63) is 28.2 Å². The number of rotatable bonds is 3. The van der Waals surface area contributed by atoms with Gasteiger partial charge in [-0.2, -0.15) is 0 Å². The Morgan fingerprint density at radius 3 is 3.00 bits per heavy atom. The molecule has 0 saturated carbocycles. The van der Waals surface area contributed by atoms with Crippen molar-refractivity contribution in [2.45, 2.75) is 18.4 Å². The van der Waals surface area contributed by atoms with Gasteiger partial charge in [-0.15, -0.1) is 0 Å². The van der Waals surface area contributed by atoms with Gasteiger partial charge in [0.05, 0.1) is 17.2 Å². The minimum Gasteiger partial charge on any atom is -0.496 e. The molecule has 88 valence electrons. The predicted octanol–water partition coefficient (Wildman–Crippen LogP) is 1.72. The van der Waals surface area contributed by atoms with E-state index in [1.165, 1.54) is 0 Å². The molecular formula is C12H16BrNO2. The predicted molar refractivity (Wildman–Crippen MR) is 66.8 cm³/mol. The van der Waals surface area contributed by atoms with Crippen LogP contribution < -0.4 is 10.1 Å². The molecule has 1 aliphatic heterocycles. The van der Waals surface area contributed by atoms with Crippen LogP contribution in [0.4, 0.5) is 0 Å². The zero-order valence-electron chi connectivity index (χ0n) is 9.29. The molecule has 0 aromatic heterocycles. The van der Waals surface area contributed by atoms with E-state index in [4.69, 9.17) is 4.74 Å². The molecule has 1 atom stereocenters. The summed E-state index contributed by atoms with van der Waals surface area (Å²) in [6, 6.07) is 5.95. The van der Waals surface area contributed by atoms with Crippen molar-refractivity contribution in [2.75, 3.05) is 20.2 Å². The third kappa shape index (κ3) is 2.56. The van der Waals surface area contributed by atoms with Crippen molar-refractivity contribution in [1.29, 1.82) is 0 Å². The second-order valence-electron chi connectivity index (χ2n) is 4.30. The van der Waals surface area contributed by atoms with Crippen molar-refractivity contribution in [1.82, 2.24) is 5.32 Å². The molecule has 1 fully saturated rings. The van der Waals surface area contributed by atoms with Gasteiger partial charge in [-0.05, 0) is 46.6 Å². The standard InChI is InChI=1S/C12H16BrNO2/c1-16-11-6-9(2-3-10(11)13)7-12(15)4-5-14-8-12/h2-3,6,14-15H,4-5,7-8H2,1H3. The number of benzene rings is 1. The van der Waals surface area contributed by atoms with Crippen molar-refractivity contribution >= 4 is 15.9 Å². The van der Waals surface area contributed by atoms with Gasteiger partial charge in [-0.3, -0.25) is 0 Å². The minimum absolute atomic E-state index is 0.598. The summed E-state index contributed by atoms with van der Waals surface area (Å²) in [5.41, 5.74) is 0.505. The normalized spacial score (nSPS) is 24.7. The van der Waals surface area contributed by atoms with E-state index in [9.17, 15) is 5.11 Å². The molecule has 1 unspecified atom stereocenters. The number of hydrogen-bond acceptors (Lipinski definition) is 3. The van der Waals surface area contributed by atoms with Crippen LogP contribution in [0.15, 0.2) is 22.7 Å². The number of halogens is 1. The lowest BCUT2D eigenvalue weighted by Gasteiger charge is -2.21. The molecule has 1 heterocycles. The van der Waals surface area contributed by atoms with Gasteiger partial charge in [0.25, 0.3) is 0 Å². The first-order valence-corrected chi connectivity index (χ1v) is 6.18. The lowest BCUT2D eigenvalue weighted by atomic mass is 9.94. The Balaban J connectivity index is 2.15. The Kier molecular flexibility index (Phi) is 3.52. The van der Waals surface area contributed by atoms with Crippen LogP contribution in [0.25, 0.3) is 0 Å². The fourth-order valence-electron chi connectivity index (χ4n) is 2.08. The zero-order valence-corrected chi connectivity index (χ0v) is 10.9. The average molecular weight is 286 g/mol. The van der Waals surface area contributed by atoms with Gasteiger partial charge in [-0.25, -0.2) is 0 Å². The van der Waals surface area contributed by atoms with E-state index in [2.05, 4.69) is 21.2 Å². The monoisotopic (exact) mass is 285 g/mol. The van der Waals surface area contributed by atoms with Gasteiger partial charge in [0.1, 0.15) is 5.75 Å². The topological polar surface area (TPSA) is 41.5 Å². The maximum Gasteiger partial charge on any atom is 0.133 e. The van der Waals surface area contributed by atoms with Crippen molar-refractivity contribution in [3.8, 4) is 5.75 Å². The molecule has 2 rings (SSSR count). The van der Waals surface area contributed by atoms with E-state index in [0.717, 1.165) is 28.8 Å². The maximum absolute atomic E-state index is 10.3. The summed E-state index contributed by atoms with van der Waals surface area (Å²) in [6.07, 6.45) is 1.48. The number of aliphatic hydroxyl groups is 1. The quantitative estimate of drug-likeness (QED) is 0.889. The van der Waals surface area contributed by atoms with Crippen LogP contribution in [0.2, 0.25) is 0 Å². The Morgan fingerprint density at radius 1 is 1.56 bits per heavy atom. The smallest absolute Gasteiger partial charge is 0.133 e. The zero-order chi connectivity index (χ0) is 11.6. The Bertz CT molecular complexity index is 375. The number of methoxy groups -OCH3 is 1. The highest BCUT2D eigenvalue weighted by atomic mass is 79.9. The molecule has 0 spiro atoms. The molecule has 0 aliphatic carbocycles. The Morgan fingerprint density at radius 2 is 2.38 bits per heavy atom. The summed E-state index contributed by atoms with van der Waals surface area (Å²) in [6.45, 7) is 1.57. The first-order chi connectivity index (χ1) is 7.63. The number of β-amino-alcohol motifs (C(OH)–C–C–N with tert-alkyl or cyclic N) is 1. The van der Waals surface area contributed by atoms with Gasteiger partial charge in [0.2, 0.25) is 0 Å². The van der Waals surface area contributed by atoms with Crippen LogP contribution in [-0.2, 0) is 6.42 Å². The fraction of sp³-hybridized carbons (Fsp3) is 0.500. The number of nitrogens with one attached hydrogen (secondary N) is 1. The van der Waals surface area contributed by atoms with E-state index in [0.29, 0.717) is 13.0 Å². The highest BCUT2D eigenvalue weighted by Gasteiger charge is 2.31. The highest BCUT2D eigenvalue weighted by molar-refractivity contribution is 9.10. The van der Waals surface area contributed by atoms with Gasteiger partial charge in [0.15, 0.2) is 0 Å². The van der Waals surface area contributed by atoms with E-state index >= 15 is 0 Å². The molecule has 1 aliphatic rings. The van der Waals surface area contributed by atoms with Crippen LogP contribution in [0.1, 0.15) is 12.0 Å². The van der Waals surface area contributed by atoms with Crippen LogP contribution >= 0.6 is 15.9 Å². The summed E-state index contributed by atoms with van der Waals surface area (Å²) in [4.78, 5) is 0. The molecular weight excluding hydrogens is 270 g/mol. The SMILES string of the molecule is COc1cc(CC2(O)CCNC2)ccc1Br. The second-order valence-corrected chi connectivity index (χ2v) is 5.15. The van der Waals surface area contributed by atoms with Gasteiger partial charge >= 0.3 is 0 Å². The molecule has 2 N–H and O–H groups in total. The van der Waals surface area contributed by atoms with E-state index in [1.54, 1.807) is 7.11 Å². The van der Waals surface area contributed by atoms with Crippen molar-refractivity contribution in [3.63, 3.8) is 0 Å². The van der Waals surface area contributed by atoms with E-state index in [1.807, 2.05) is 18.2 Å². The van der Waals surface area contributed by atoms with Gasteiger partial charge in [-0.1, -0.05) is 6.07 Å². The molecule has 4 heteroatoms. The Hall–Kier alpha value is -0.580. The molecule has 3 nitrogen and oxygen atoms in total. The highest BCUT2D eigenvalue weighted by Crippen LogP contribution is 2.28. The van der Waals surface area contributed by atoms with Crippen molar-refractivity contribution in [2.24, 2.45) is 0 Å². The van der Waals surface area contributed by atoms with Crippen LogP contribution in [0, 0.1) is 0 Å². The molecule has 1 aromatic rings. The third-order valence-electron chi connectivity index (χ3n) is 2.97. The molecule has 1 saturated heterocycles. The largest absolute Gasteiger partial charge is 0.496 e. The maximum atomic E-state index is 10.3. The molecule has 0 amide bonds. The van der Waals surface area contributed by atoms with Crippen LogP contribution in [0.3, 0.4) is 0 Å². The lowest BCUT2D eigenvalue weighted by Crippen LogP contribution is -2.33. The van der Waals surface area contributed by atoms with Crippen LogP contribution in [-0.4, -0.2) is 30.9 Å². The van der Waals surface area contributed by atoms with Gasteiger partial charge < -0.3 is 15.2 Å². The van der Waals surface area contributed by atoms with E-state index < -0.39 is 5.60 Å². The molecule has 0 radical (unpaired) electrons.